The van der Waals surface area contributed by atoms with Crippen molar-refractivity contribution in [2.45, 2.75) is 17.4 Å². The molecule has 0 heterocycles. The van der Waals surface area contributed by atoms with Gasteiger partial charge in [-0.2, -0.15) is 4.72 Å². The van der Waals surface area contributed by atoms with Crippen molar-refractivity contribution in [3.05, 3.63) is 78.4 Å². The van der Waals surface area contributed by atoms with Gasteiger partial charge in [-0.3, -0.25) is 9.59 Å². The van der Waals surface area contributed by atoms with Crippen LogP contribution in [0.4, 0.5) is 0 Å². The molecule has 0 saturated carbocycles. The minimum Gasteiger partial charge on any atom is -0.481 e. The number of carbonyl (C=O) groups is 1. The Labute approximate surface area is 162 Å². The Hall–Kier alpha value is -3.03. The average Bonchev–Trinajstić information content (AvgIpc) is 2.70. The van der Waals surface area contributed by atoms with Crippen molar-refractivity contribution < 1.29 is 23.1 Å². The third kappa shape index (κ3) is 4.44. The molecule has 0 aliphatic rings. The zero-order chi connectivity index (χ0) is 20.1. The maximum absolute atomic E-state index is 12.7. The third-order valence-corrected chi connectivity index (χ3v) is 5.90. The molecule has 3 aromatic carbocycles. The Morgan fingerprint density at radius 1 is 0.964 bits per heavy atom. The second kappa shape index (κ2) is 8.33. The summed E-state index contributed by atoms with van der Waals surface area (Å²) in [6.45, 7) is 0. The van der Waals surface area contributed by atoms with Crippen molar-refractivity contribution in [3.8, 4) is 0 Å². The van der Waals surface area contributed by atoms with Crippen LogP contribution in [0.2, 0.25) is 0 Å². The fourth-order valence-electron chi connectivity index (χ4n) is 2.97. The van der Waals surface area contributed by atoms with Crippen molar-refractivity contribution in [1.82, 2.24) is 4.72 Å². The van der Waals surface area contributed by atoms with Crippen LogP contribution in [-0.2, 0) is 26.0 Å². The van der Waals surface area contributed by atoms with E-state index in [1.165, 1.54) is 12.1 Å². The quantitative estimate of drug-likeness (QED) is 0.609. The van der Waals surface area contributed by atoms with E-state index in [1.807, 2.05) is 12.1 Å². The molecule has 0 bridgehead atoms. The van der Waals surface area contributed by atoms with Gasteiger partial charge in [-0.05, 0) is 34.9 Å². The fraction of sp³-hybridized carbons (Fsp3) is 0.143. The summed E-state index contributed by atoms with van der Waals surface area (Å²) >= 11 is 0. The molecule has 3 rings (SSSR count). The predicted octanol–water partition coefficient (Wildman–Crippen LogP) is 2.54. The van der Waals surface area contributed by atoms with Crippen LogP contribution < -0.4 is 4.72 Å². The molecule has 7 heteroatoms. The van der Waals surface area contributed by atoms with Crippen LogP contribution in [0, 0.1) is 5.92 Å². The van der Waals surface area contributed by atoms with E-state index >= 15 is 0 Å². The summed E-state index contributed by atoms with van der Waals surface area (Å²) < 4.78 is 27.7. The molecule has 0 aromatic heterocycles. The molecule has 2 atom stereocenters. The lowest BCUT2D eigenvalue weighted by atomic mass is 9.93. The highest BCUT2D eigenvalue weighted by Gasteiger charge is 2.33. The highest BCUT2D eigenvalue weighted by atomic mass is 32.2. The van der Waals surface area contributed by atoms with Crippen LogP contribution in [-0.4, -0.2) is 31.8 Å². The summed E-state index contributed by atoms with van der Waals surface area (Å²) in [5, 5.41) is 11.1. The van der Waals surface area contributed by atoms with Crippen LogP contribution in [0.15, 0.2) is 77.7 Å². The monoisotopic (exact) mass is 396 g/mol. The maximum Gasteiger partial charge on any atom is 0.308 e. The molecule has 28 heavy (non-hydrogen) atoms. The summed E-state index contributed by atoms with van der Waals surface area (Å²) in [6.07, 6.45) is 1.54. The lowest BCUT2D eigenvalue weighted by Crippen LogP contribution is -2.45. The highest BCUT2D eigenvalue weighted by Crippen LogP contribution is 2.20. The molecule has 143 valence electrons. The number of fused-ring (bicyclic) bond motifs is 1. The van der Waals surface area contributed by atoms with Crippen molar-refractivity contribution in [1.29, 1.82) is 0 Å². The van der Waals surface area contributed by atoms with Gasteiger partial charge in [-0.1, -0.05) is 60.7 Å². The van der Waals surface area contributed by atoms with E-state index in [0.717, 1.165) is 10.8 Å². The van der Waals surface area contributed by atoms with Gasteiger partial charge in [0.05, 0.1) is 10.8 Å². The summed E-state index contributed by atoms with van der Waals surface area (Å²) in [4.78, 5) is 23.1. The Balaban J connectivity index is 1.88. The Morgan fingerprint density at radius 3 is 2.25 bits per heavy atom. The number of carboxylic acid groups (broad SMARTS) is 1. The number of hydrogen-bond acceptors (Lipinski definition) is 4. The van der Waals surface area contributed by atoms with Gasteiger partial charge < -0.3 is 5.11 Å². The first-order chi connectivity index (χ1) is 13.4. The first-order valence-corrected chi connectivity index (χ1v) is 10.0. The first-order valence-electron chi connectivity index (χ1n) is 8.56. The molecule has 1 radical (unpaired) electrons. The largest absolute Gasteiger partial charge is 0.481 e. The molecule has 0 saturated heterocycles. The van der Waals surface area contributed by atoms with Crippen molar-refractivity contribution in [2.24, 2.45) is 5.92 Å². The lowest BCUT2D eigenvalue weighted by Gasteiger charge is -2.20. The van der Waals surface area contributed by atoms with Crippen LogP contribution >= 0.6 is 0 Å². The van der Waals surface area contributed by atoms with E-state index in [1.54, 1.807) is 54.8 Å². The second-order valence-corrected chi connectivity index (χ2v) is 8.07. The number of nitrogens with one attached hydrogen (secondary N) is 1. The molecule has 3 aromatic rings. The SMILES string of the molecule is O=[C][C@@H](NS(=O)(=O)c1ccc2ccccc2c1)C(Cc1ccccc1)C(=O)O. The van der Waals surface area contributed by atoms with Gasteiger partial charge in [-0.15, -0.1) is 0 Å². The third-order valence-electron chi connectivity index (χ3n) is 4.46. The molecular weight excluding hydrogens is 378 g/mol. The van der Waals surface area contributed by atoms with Crippen LogP contribution in [0.3, 0.4) is 0 Å². The van der Waals surface area contributed by atoms with Crippen LogP contribution in [0.1, 0.15) is 5.56 Å². The number of benzene rings is 3. The molecule has 0 spiro atoms. The van der Waals surface area contributed by atoms with E-state index in [-0.39, 0.29) is 11.3 Å². The van der Waals surface area contributed by atoms with Crippen molar-refractivity contribution in [2.75, 3.05) is 0 Å². The zero-order valence-corrected chi connectivity index (χ0v) is 15.6. The molecule has 0 aliphatic carbocycles. The fourth-order valence-corrected chi connectivity index (χ4v) is 4.19. The summed E-state index contributed by atoms with van der Waals surface area (Å²) in [6, 6.07) is 19.0. The normalized spacial score (nSPS) is 13.7. The number of aliphatic carboxylic acids is 1. The van der Waals surface area contributed by atoms with E-state index < -0.39 is 28.0 Å². The second-order valence-electron chi connectivity index (χ2n) is 6.36. The highest BCUT2D eigenvalue weighted by molar-refractivity contribution is 7.89. The van der Waals surface area contributed by atoms with Gasteiger partial charge in [0.1, 0.15) is 6.04 Å². The molecule has 1 unspecified atom stereocenters. The topological polar surface area (TPSA) is 101 Å². The first kappa shape index (κ1) is 19.7. The standard InChI is InChI=1S/C21H18NO5S/c23-14-20(19(21(24)25)12-15-6-2-1-3-7-15)22-28(26,27)18-11-10-16-8-4-5-9-17(16)13-18/h1-11,13,19-20,22H,12H2,(H,24,25)/t19?,20-/m1/s1. The van der Waals surface area contributed by atoms with Crippen LogP contribution in [0.5, 0.6) is 0 Å². The summed E-state index contributed by atoms with van der Waals surface area (Å²) in [5.74, 6) is -2.56. The van der Waals surface area contributed by atoms with Gasteiger partial charge in [0, 0.05) is 0 Å². The van der Waals surface area contributed by atoms with E-state index in [4.69, 9.17) is 0 Å². The molecule has 2 N–H and O–H groups in total. The number of hydrogen-bond donors (Lipinski definition) is 2. The number of carbonyl (C=O) groups excluding carboxylic acids is 1. The van der Waals surface area contributed by atoms with Gasteiger partial charge in [0.15, 0.2) is 0 Å². The van der Waals surface area contributed by atoms with E-state index in [0.29, 0.717) is 5.56 Å². The average molecular weight is 396 g/mol. The predicted molar refractivity (Wildman–Crippen MR) is 105 cm³/mol. The number of rotatable bonds is 8. The molecule has 0 fully saturated rings. The summed E-state index contributed by atoms with van der Waals surface area (Å²) in [7, 11) is -4.11. The van der Waals surface area contributed by atoms with E-state index in [2.05, 4.69) is 4.72 Å². The van der Waals surface area contributed by atoms with Gasteiger partial charge >= 0.3 is 5.97 Å². The zero-order valence-electron chi connectivity index (χ0n) is 14.8. The molecule has 6 nitrogen and oxygen atoms in total. The van der Waals surface area contributed by atoms with Gasteiger partial charge in [0.2, 0.25) is 16.3 Å². The lowest BCUT2D eigenvalue weighted by molar-refractivity contribution is -0.141. The van der Waals surface area contributed by atoms with Gasteiger partial charge in [-0.25, -0.2) is 8.42 Å². The Morgan fingerprint density at radius 2 is 1.61 bits per heavy atom. The summed E-state index contributed by atoms with van der Waals surface area (Å²) in [5.41, 5.74) is 0.681. The minimum absolute atomic E-state index is 0.00365. The smallest absolute Gasteiger partial charge is 0.308 e. The number of carboxylic acids is 1. The van der Waals surface area contributed by atoms with Crippen molar-refractivity contribution in [3.63, 3.8) is 0 Å². The maximum atomic E-state index is 12.7. The van der Waals surface area contributed by atoms with Gasteiger partial charge in [0.25, 0.3) is 0 Å². The Kier molecular flexibility index (Phi) is 5.87. The van der Waals surface area contributed by atoms with Crippen LogP contribution in [0.25, 0.3) is 10.8 Å². The van der Waals surface area contributed by atoms with Crippen molar-refractivity contribution >= 4 is 33.1 Å². The molecule has 0 aliphatic heterocycles. The molecule has 0 amide bonds. The minimum atomic E-state index is -4.11. The number of sulfonamides is 1. The van der Waals surface area contributed by atoms with E-state index in [9.17, 15) is 23.1 Å². The Bertz CT molecular complexity index is 1100. The molecular formula is C21H18NO5S.